The molecule has 1 aromatic carbocycles. The van der Waals surface area contributed by atoms with Gasteiger partial charge in [-0.1, -0.05) is 42.5 Å². The first-order valence-electron chi connectivity index (χ1n) is 7.28. The molecular weight excluding hydrogens is 310 g/mol. The van der Waals surface area contributed by atoms with Gasteiger partial charge in [0.05, 0.1) is 10.8 Å². The number of thiazole rings is 1. The number of fused-ring (bicyclic) bond motifs is 1. The van der Waals surface area contributed by atoms with E-state index in [0.717, 1.165) is 12.0 Å². The quantitative estimate of drug-likeness (QED) is 0.581. The lowest BCUT2D eigenvalue weighted by molar-refractivity contribution is 0.577. The van der Waals surface area contributed by atoms with E-state index in [9.17, 15) is 4.79 Å². The van der Waals surface area contributed by atoms with E-state index in [1.54, 1.807) is 18.4 Å². The summed E-state index contributed by atoms with van der Waals surface area (Å²) < 4.78 is 7.21. The van der Waals surface area contributed by atoms with Crippen molar-refractivity contribution in [2.45, 2.75) is 13.3 Å². The molecule has 0 fully saturated rings. The van der Waals surface area contributed by atoms with Crippen LogP contribution in [0.2, 0.25) is 0 Å². The lowest BCUT2D eigenvalue weighted by atomic mass is 10.1. The van der Waals surface area contributed by atoms with Crippen molar-refractivity contribution in [2.24, 2.45) is 0 Å². The van der Waals surface area contributed by atoms with Gasteiger partial charge in [0.2, 0.25) is 10.8 Å². The summed E-state index contributed by atoms with van der Waals surface area (Å²) in [6.45, 7) is 2.12. The van der Waals surface area contributed by atoms with Gasteiger partial charge in [-0.3, -0.25) is 4.79 Å². The monoisotopic (exact) mass is 323 g/mol. The van der Waals surface area contributed by atoms with E-state index in [-0.39, 0.29) is 5.56 Å². The topological polar surface area (TPSA) is 60.4 Å². The highest BCUT2D eigenvalue weighted by Gasteiger charge is 2.13. The minimum Gasteiger partial charge on any atom is -0.461 e. The lowest BCUT2D eigenvalue weighted by Gasteiger charge is -1.96. The molecule has 0 aliphatic carbocycles. The molecule has 0 aliphatic rings. The molecule has 6 heteroatoms. The van der Waals surface area contributed by atoms with E-state index in [1.165, 1.54) is 21.4 Å². The summed E-state index contributed by atoms with van der Waals surface area (Å²) in [5, 5.41) is 4.23. The minimum absolute atomic E-state index is 0.158. The van der Waals surface area contributed by atoms with Crippen LogP contribution in [0.15, 0.2) is 51.9 Å². The molecule has 23 heavy (non-hydrogen) atoms. The van der Waals surface area contributed by atoms with Gasteiger partial charge in [0, 0.05) is 0 Å². The molecule has 0 spiro atoms. The van der Waals surface area contributed by atoms with Crippen LogP contribution in [0.3, 0.4) is 0 Å². The van der Waals surface area contributed by atoms with Crippen molar-refractivity contribution < 1.29 is 4.42 Å². The Morgan fingerprint density at radius 1 is 1.26 bits per heavy atom. The van der Waals surface area contributed by atoms with Crippen LogP contribution in [0.1, 0.15) is 18.1 Å². The zero-order valence-corrected chi connectivity index (χ0v) is 13.2. The van der Waals surface area contributed by atoms with Crippen molar-refractivity contribution in [3.05, 3.63) is 68.7 Å². The van der Waals surface area contributed by atoms with Crippen molar-refractivity contribution in [1.82, 2.24) is 14.6 Å². The van der Waals surface area contributed by atoms with E-state index in [4.69, 9.17) is 4.42 Å². The average Bonchev–Trinajstić information content (AvgIpc) is 3.27. The second kappa shape index (κ2) is 5.48. The number of rotatable bonds is 3. The zero-order chi connectivity index (χ0) is 15.8. The predicted molar refractivity (Wildman–Crippen MR) is 89.4 cm³/mol. The standard InChI is InChI=1S/C17H13N3O2S/c1-2-11-5-7-12(8-6-11)10-14-16(21)20-17(23-14)18-15(19-20)13-4-3-9-22-13/h3-10H,2H2,1H3. The Balaban J connectivity index is 1.79. The Kier molecular flexibility index (Phi) is 3.31. The molecule has 0 radical (unpaired) electrons. The highest BCUT2D eigenvalue weighted by molar-refractivity contribution is 7.15. The van der Waals surface area contributed by atoms with Gasteiger partial charge in [-0.25, -0.2) is 0 Å². The van der Waals surface area contributed by atoms with Crippen LogP contribution in [0.25, 0.3) is 22.6 Å². The second-order valence-corrected chi connectivity index (χ2v) is 6.13. The van der Waals surface area contributed by atoms with E-state index >= 15 is 0 Å². The maximum absolute atomic E-state index is 12.4. The van der Waals surface area contributed by atoms with Gasteiger partial charge in [0.25, 0.3) is 5.56 Å². The van der Waals surface area contributed by atoms with Crippen molar-refractivity contribution in [3.63, 3.8) is 0 Å². The molecule has 0 bridgehead atoms. The smallest absolute Gasteiger partial charge is 0.291 e. The van der Waals surface area contributed by atoms with Crippen LogP contribution in [-0.2, 0) is 6.42 Å². The molecule has 0 saturated heterocycles. The highest BCUT2D eigenvalue weighted by Crippen LogP contribution is 2.16. The van der Waals surface area contributed by atoms with Crippen LogP contribution < -0.4 is 10.1 Å². The molecule has 0 amide bonds. The van der Waals surface area contributed by atoms with E-state index in [1.807, 2.05) is 18.2 Å². The van der Waals surface area contributed by atoms with E-state index in [2.05, 4.69) is 29.1 Å². The van der Waals surface area contributed by atoms with Crippen LogP contribution >= 0.6 is 11.3 Å². The highest BCUT2D eigenvalue weighted by atomic mass is 32.1. The molecule has 3 heterocycles. The van der Waals surface area contributed by atoms with Gasteiger partial charge in [0.1, 0.15) is 0 Å². The summed E-state index contributed by atoms with van der Waals surface area (Å²) in [6.07, 6.45) is 4.43. The Labute approximate surface area is 135 Å². The minimum atomic E-state index is -0.158. The molecule has 114 valence electrons. The van der Waals surface area contributed by atoms with Crippen LogP contribution in [0.4, 0.5) is 0 Å². The summed E-state index contributed by atoms with van der Waals surface area (Å²) in [7, 11) is 0. The largest absolute Gasteiger partial charge is 0.461 e. The maximum atomic E-state index is 12.4. The number of aryl methyl sites for hydroxylation is 1. The fourth-order valence-electron chi connectivity index (χ4n) is 2.34. The molecule has 0 N–H and O–H groups in total. The Hall–Kier alpha value is -2.73. The van der Waals surface area contributed by atoms with Gasteiger partial charge >= 0.3 is 0 Å². The van der Waals surface area contributed by atoms with Crippen LogP contribution in [0, 0.1) is 0 Å². The van der Waals surface area contributed by atoms with Crippen molar-refractivity contribution in [3.8, 4) is 11.6 Å². The first kappa shape index (κ1) is 13.9. The van der Waals surface area contributed by atoms with Crippen LogP contribution in [-0.4, -0.2) is 14.6 Å². The molecule has 5 nitrogen and oxygen atoms in total. The number of aromatic nitrogens is 3. The van der Waals surface area contributed by atoms with E-state index < -0.39 is 0 Å². The molecule has 4 aromatic rings. The Morgan fingerprint density at radius 3 is 2.74 bits per heavy atom. The third-order valence-electron chi connectivity index (χ3n) is 3.61. The molecule has 0 saturated carbocycles. The Bertz CT molecular complexity index is 1060. The van der Waals surface area contributed by atoms with Crippen LogP contribution in [0.5, 0.6) is 0 Å². The van der Waals surface area contributed by atoms with Gasteiger partial charge in [-0.15, -0.1) is 5.10 Å². The fraction of sp³-hybridized carbons (Fsp3) is 0.118. The number of benzene rings is 1. The molecule has 4 rings (SSSR count). The second-order valence-electron chi connectivity index (χ2n) is 5.12. The van der Waals surface area contributed by atoms with Gasteiger partial charge in [-0.05, 0) is 35.8 Å². The number of nitrogens with zero attached hydrogens (tertiary/aromatic N) is 3. The third kappa shape index (κ3) is 2.47. The average molecular weight is 323 g/mol. The summed E-state index contributed by atoms with van der Waals surface area (Å²) in [4.78, 5) is 17.4. The molecule has 3 aromatic heterocycles. The molecular formula is C17H13N3O2S. The summed E-state index contributed by atoms with van der Waals surface area (Å²) in [5.74, 6) is 0.984. The summed E-state index contributed by atoms with van der Waals surface area (Å²) in [5.41, 5.74) is 2.11. The Morgan fingerprint density at radius 2 is 2.09 bits per heavy atom. The fourth-order valence-corrected chi connectivity index (χ4v) is 3.25. The van der Waals surface area contributed by atoms with Crippen molar-refractivity contribution in [1.29, 1.82) is 0 Å². The summed E-state index contributed by atoms with van der Waals surface area (Å²) in [6, 6.07) is 11.7. The molecule has 0 atom stereocenters. The van der Waals surface area contributed by atoms with E-state index in [0.29, 0.717) is 21.1 Å². The number of hydrogen-bond donors (Lipinski definition) is 0. The summed E-state index contributed by atoms with van der Waals surface area (Å²) >= 11 is 1.33. The third-order valence-corrected chi connectivity index (χ3v) is 4.57. The van der Waals surface area contributed by atoms with Crippen molar-refractivity contribution >= 4 is 22.4 Å². The first-order chi connectivity index (χ1) is 11.2. The maximum Gasteiger partial charge on any atom is 0.291 e. The van der Waals surface area contributed by atoms with Gasteiger partial charge in [-0.2, -0.15) is 9.50 Å². The lowest BCUT2D eigenvalue weighted by Crippen LogP contribution is -2.23. The first-order valence-corrected chi connectivity index (χ1v) is 8.10. The van der Waals surface area contributed by atoms with Gasteiger partial charge in [0.15, 0.2) is 5.76 Å². The number of hydrogen-bond acceptors (Lipinski definition) is 5. The normalized spacial score (nSPS) is 12.3. The number of furan rings is 1. The predicted octanol–water partition coefficient (Wildman–Crippen LogP) is 2.52. The SMILES string of the molecule is CCc1ccc(C=c2sc3nc(-c4ccco4)nn3c2=O)cc1. The molecule has 0 aliphatic heterocycles. The van der Waals surface area contributed by atoms with Gasteiger partial charge < -0.3 is 4.42 Å². The van der Waals surface area contributed by atoms with Crippen molar-refractivity contribution in [2.75, 3.05) is 0 Å². The zero-order valence-electron chi connectivity index (χ0n) is 12.4. The molecule has 0 unspecified atom stereocenters.